The molecule has 1 atom stereocenters. The first kappa shape index (κ1) is 16.9. The highest BCUT2D eigenvalue weighted by Crippen LogP contribution is 2.30. The summed E-state index contributed by atoms with van der Waals surface area (Å²) in [7, 11) is 0. The first-order valence-corrected chi connectivity index (χ1v) is 8.00. The molecule has 1 aromatic carbocycles. The Kier molecular flexibility index (Phi) is 5.55. The van der Waals surface area contributed by atoms with E-state index in [-0.39, 0.29) is 11.2 Å². The van der Waals surface area contributed by atoms with Crippen LogP contribution in [-0.2, 0) is 0 Å². The van der Waals surface area contributed by atoms with Crippen LogP contribution in [0.2, 0.25) is 0 Å². The van der Waals surface area contributed by atoms with Gasteiger partial charge >= 0.3 is 0 Å². The topological polar surface area (TPSA) is 47.3 Å². The Morgan fingerprint density at radius 1 is 1.36 bits per heavy atom. The molecule has 4 heteroatoms. The molecule has 2 rings (SSSR count). The smallest absolute Gasteiger partial charge is 0.123 e. The van der Waals surface area contributed by atoms with E-state index < -0.39 is 6.10 Å². The van der Waals surface area contributed by atoms with Gasteiger partial charge in [-0.25, -0.2) is 4.39 Å². The molecule has 0 saturated heterocycles. The van der Waals surface area contributed by atoms with Gasteiger partial charge in [0, 0.05) is 12.6 Å². The number of nitriles is 1. The summed E-state index contributed by atoms with van der Waals surface area (Å²) >= 11 is 0. The van der Waals surface area contributed by atoms with Crippen molar-refractivity contribution in [2.45, 2.75) is 51.7 Å². The van der Waals surface area contributed by atoms with Crippen LogP contribution in [0.15, 0.2) is 24.3 Å². The molecule has 0 aromatic heterocycles. The first-order chi connectivity index (χ1) is 10.4. The highest BCUT2D eigenvalue weighted by Gasteiger charge is 2.30. The van der Waals surface area contributed by atoms with Gasteiger partial charge < -0.3 is 5.11 Å². The third kappa shape index (κ3) is 5.08. The number of aliphatic hydroxyl groups is 1. The molecule has 0 spiro atoms. The predicted molar refractivity (Wildman–Crippen MR) is 84.6 cm³/mol. The molecule has 1 unspecified atom stereocenters. The maximum atomic E-state index is 12.9. The van der Waals surface area contributed by atoms with Gasteiger partial charge in [-0.3, -0.25) is 4.90 Å². The molecule has 0 bridgehead atoms. The lowest BCUT2D eigenvalue weighted by Crippen LogP contribution is -2.32. The van der Waals surface area contributed by atoms with Gasteiger partial charge in [-0.15, -0.1) is 0 Å². The Morgan fingerprint density at radius 3 is 2.55 bits per heavy atom. The van der Waals surface area contributed by atoms with Gasteiger partial charge in [-0.1, -0.05) is 12.1 Å². The minimum Gasteiger partial charge on any atom is -0.387 e. The molecule has 0 radical (unpaired) electrons. The number of hydrogen-bond acceptors (Lipinski definition) is 3. The number of halogens is 1. The van der Waals surface area contributed by atoms with Crippen LogP contribution in [-0.4, -0.2) is 29.1 Å². The molecule has 1 saturated carbocycles. The third-order valence-corrected chi connectivity index (χ3v) is 4.28. The highest BCUT2D eigenvalue weighted by molar-refractivity contribution is 5.18. The van der Waals surface area contributed by atoms with Crippen LogP contribution in [0.1, 0.15) is 51.2 Å². The molecular formula is C18H25FN2O. The third-order valence-electron chi connectivity index (χ3n) is 4.28. The highest BCUT2D eigenvalue weighted by atomic mass is 19.1. The van der Waals surface area contributed by atoms with Crippen LogP contribution >= 0.6 is 0 Å². The number of hydrogen-bond donors (Lipinski definition) is 1. The number of nitrogens with zero attached hydrogens (tertiary/aromatic N) is 2. The fraction of sp³-hybridized carbons (Fsp3) is 0.611. The largest absolute Gasteiger partial charge is 0.387 e. The molecule has 120 valence electrons. The fourth-order valence-corrected chi connectivity index (χ4v) is 2.66. The van der Waals surface area contributed by atoms with E-state index in [9.17, 15) is 9.50 Å². The lowest BCUT2D eigenvalue weighted by Gasteiger charge is -2.26. The van der Waals surface area contributed by atoms with Gasteiger partial charge in [0.05, 0.1) is 17.6 Å². The van der Waals surface area contributed by atoms with Crippen molar-refractivity contribution < 1.29 is 9.50 Å². The minimum absolute atomic E-state index is 0.284. The Morgan fingerprint density at radius 2 is 2.00 bits per heavy atom. The zero-order valence-electron chi connectivity index (χ0n) is 13.4. The van der Waals surface area contributed by atoms with E-state index in [0.29, 0.717) is 12.6 Å². The molecule has 3 nitrogen and oxygen atoms in total. The summed E-state index contributed by atoms with van der Waals surface area (Å²) in [6.45, 7) is 5.39. The lowest BCUT2D eigenvalue weighted by molar-refractivity contribution is 0.106. The van der Waals surface area contributed by atoms with Gasteiger partial charge in [-0.2, -0.15) is 5.26 Å². The lowest BCUT2D eigenvalue weighted by atomic mass is 9.90. The van der Waals surface area contributed by atoms with Crippen molar-refractivity contribution in [3.05, 3.63) is 35.6 Å². The number of benzene rings is 1. The van der Waals surface area contributed by atoms with Gasteiger partial charge in [0.2, 0.25) is 0 Å². The number of aliphatic hydroxyl groups excluding tert-OH is 1. The van der Waals surface area contributed by atoms with Crippen LogP contribution in [0.5, 0.6) is 0 Å². The van der Waals surface area contributed by atoms with E-state index >= 15 is 0 Å². The van der Waals surface area contributed by atoms with Crippen LogP contribution < -0.4 is 0 Å². The second kappa shape index (κ2) is 7.21. The quantitative estimate of drug-likeness (QED) is 0.797. The zero-order valence-corrected chi connectivity index (χ0v) is 13.4. The summed E-state index contributed by atoms with van der Waals surface area (Å²) in [5.74, 6) is -0.284. The molecule has 1 aromatic rings. The molecule has 1 aliphatic carbocycles. The monoisotopic (exact) mass is 304 g/mol. The second-order valence-corrected chi connectivity index (χ2v) is 6.89. The molecule has 22 heavy (non-hydrogen) atoms. The molecule has 1 fully saturated rings. The van der Waals surface area contributed by atoms with Crippen molar-refractivity contribution in [2.24, 2.45) is 5.41 Å². The summed E-state index contributed by atoms with van der Waals surface area (Å²) in [4.78, 5) is 2.31. The van der Waals surface area contributed by atoms with E-state index in [1.54, 1.807) is 12.1 Å². The van der Waals surface area contributed by atoms with Crippen LogP contribution in [0.4, 0.5) is 4.39 Å². The Balaban J connectivity index is 1.86. The van der Waals surface area contributed by atoms with E-state index in [1.807, 2.05) is 13.8 Å². The summed E-state index contributed by atoms with van der Waals surface area (Å²) in [5, 5.41) is 19.4. The van der Waals surface area contributed by atoms with Crippen molar-refractivity contribution in [1.82, 2.24) is 4.90 Å². The maximum absolute atomic E-state index is 12.9. The van der Waals surface area contributed by atoms with Crippen molar-refractivity contribution in [2.75, 3.05) is 13.1 Å². The summed E-state index contributed by atoms with van der Waals surface area (Å²) in [6.07, 6.45) is 3.58. The summed E-state index contributed by atoms with van der Waals surface area (Å²) < 4.78 is 12.9. The van der Waals surface area contributed by atoms with E-state index in [2.05, 4.69) is 11.0 Å². The average Bonchev–Trinajstić information content (AvgIpc) is 3.31. The van der Waals surface area contributed by atoms with Gasteiger partial charge in [0.15, 0.2) is 0 Å². The second-order valence-electron chi connectivity index (χ2n) is 6.89. The van der Waals surface area contributed by atoms with E-state index in [1.165, 1.54) is 25.0 Å². The van der Waals surface area contributed by atoms with Crippen molar-refractivity contribution in [1.29, 1.82) is 5.26 Å². The fourth-order valence-electron chi connectivity index (χ4n) is 2.66. The number of rotatable bonds is 8. The molecule has 0 aliphatic heterocycles. The van der Waals surface area contributed by atoms with Crippen LogP contribution in [0.3, 0.4) is 0 Å². The maximum Gasteiger partial charge on any atom is 0.123 e. The van der Waals surface area contributed by atoms with Gasteiger partial charge in [-0.05, 0) is 63.8 Å². The van der Waals surface area contributed by atoms with Crippen molar-refractivity contribution >= 4 is 0 Å². The van der Waals surface area contributed by atoms with Gasteiger partial charge in [0.1, 0.15) is 5.82 Å². The van der Waals surface area contributed by atoms with Crippen molar-refractivity contribution in [3.63, 3.8) is 0 Å². The van der Waals surface area contributed by atoms with Crippen molar-refractivity contribution in [3.8, 4) is 6.07 Å². The molecule has 1 aliphatic rings. The van der Waals surface area contributed by atoms with Crippen LogP contribution in [0, 0.1) is 22.6 Å². The van der Waals surface area contributed by atoms with E-state index in [0.717, 1.165) is 24.9 Å². The first-order valence-electron chi connectivity index (χ1n) is 8.00. The Labute approximate surface area is 132 Å². The predicted octanol–water partition coefficient (Wildman–Crippen LogP) is 3.65. The molecule has 0 heterocycles. The minimum atomic E-state index is -0.592. The SMILES string of the molecule is CC(C)(C#N)CCCN(CC(O)c1ccc(F)cc1)C1CC1. The Hall–Kier alpha value is -1.44. The molecule has 1 N–H and O–H groups in total. The summed E-state index contributed by atoms with van der Waals surface area (Å²) in [5.41, 5.74) is 0.467. The normalized spacial score (nSPS) is 16.5. The van der Waals surface area contributed by atoms with Gasteiger partial charge in [0.25, 0.3) is 0 Å². The van der Waals surface area contributed by atoms with E-state index in [4.69, 9.17) is 5.26 Å². The molecule has 0 amide bonds. The zero-order chi connectivity index (χ0) is 16.2. The standard InChI is InChI=1S/C18H25FN2O/c1-18(2,13-20)10-3-11-21(16-8-9-16)12-17(22)14-4-6-15(19)7-5-14/h4-7,16-17,22H,3,8-12H2,1-2H3. The van der Waals surface area contributed by atoms with Crippen LogP contribution in [0.25, 0.3) is 0 Å². The Bertz CT molecular complexity index is 517. The summed E-state index contributed by atoms with van der Waals surface area (Å²) in [6, 6.07) is 8.94. The average molecular weight is 304 g/mol. The molecular weight excluding hydrogens is 279 g/mol.